The lowest BCUT2D eigenvalue weighted by atomic mass is 9.99. The maximum atomic E-state index is 11.6. The van der Waals surface area contributed by atoms with Crippen molar-refractivity contribution >= 4 is 11.9 Å². The van der Waals surface area contributed by atoms with Gasteiger partial charge in [-0.15, -0.1) is 0 Å². The summed E-state index contributed by atoms with van der Waals surface area (Å²) < 4.78 is 9.99. The van der Waals surface area contributed by atoms with Crippen LogP contribution in [0.25, 0.3) is 0 Å². The lowest BCUT2D eigenvalue weighted by Gasteiger charge is -2.22. The van der Waals surface area contributed by atoms with Crippen molar-refractivity contribution in [2.45, 2.75) is 39.2 Å². The van der Waals surface area contributed by atoms with Crippen LogP contribution in [-0.2, 0) is 19.1 Å². The van der Waals surface area contributed by atoms with E-state index in [0.29, 0.717) is 0 Å². The molecule has 0 unspecified atom stereocenters. The van der Waals surface area contributed by atoms with Gasteiger partial charge in [-0.2, -0.15) is 0 Å². The van der Waals surface area contributed by atoms with Crippen molar-refractivity contribution in [3.8, 4) is 0 Å². The van der Waals surface area contributed by atoms with Crippen molar-refractivity contribution in [2.75, 3.05) is 19.7 Å². The predicted molar refractivity (Wildman–Crippen MR) is 62.4 cm³/mol. The molecule has 1 N–H and O–H groups in total. The molecule has 0 bridgehead atoms. The van der Waals surface area contributed by atoms with Crippen molar-refractivity contribution in [1.29, 1.82) is 0 Å². The number of rotatable bonds is 3. The second-order valence-electron chi connectivity index (χ2n) is 5.22. The molecule has 0 amide bonds. The average molecular weight is 243 g/mol. The number of nitrogens with one attached hydrogen (secondary N) is 1. The minimum atomic E-state index is -0.543. The molecule has 5 heteroatoms. The molecule has 17 heavy (non-hydrogen) atoms. The molecule has 0 aromatic carbocycles. The SMILES string of the molecule is CC(C)(C)OC(=O)COC(=O)C1CCNCC1. The Morgan fingerprint density at radius 2 is 1.82 bits per heavy atom. The van der Waals surface area contributed by atoms with Gasteiger partial charge in [0.2, 0.25) is 0 Å². The molecule has 1 heterocycles. The van der Waals surface area contributed by atoms with Crippen molar-refractivity contribution < 1.29 is 19.1 Å². The molecule has 1 saturated heterocycles. The Morgan fingerprint density at radius 1 is 1.24 bits per heavy atom. The third-order valence-corrected chi connectivity index (χ3v) is 2.42. The highest BCUT2D eigenvalue weighted by molar-refractivity contribution is 5.78. The van der Waals surface area contributed by atoms with E-state index in [1.165, 1.54) is 0 Å². The number of hydrogen-bond donors (Lipinski definition) is 1. The topological polar surface area (TPSA) is 64.6 Å². The molecule has 1 aliphatic heterocycles. The van der Waals surface area contributed by atoms with Gasteiger partial charge in [-0.1, -0.05) is 0 Å². The zero-order chi connectivity index (χ0) is 12.9. The number of piperidine rings is 1. The molecule has 0 radical (unpaired) electrons. The van der Waals surface area contributed by atoms with E-state index in [0.717, 1.165) is 25.9 Å². The second-order valence-corrected chi connectivity index (χ2v) is 5.22. The standard InChI is InChI=1S/C12H21NO4/c1-12(2,3)17-10(14)8-16-11(15)9-4-6-13-7-5-9/h9,13H,4-8H2,1-3H3. The Kier molecular flexibility index (Phi) is 4.93. The highest BCUT2D eigenvalue weighted by atomic mass is 16.6. The summed E-state index contributed by atoms with van der Waals surface area (Å²) in [6, 6.07) is 0. The maximum absolute atomic E-state index is 11.6. The summed E-state index contributed by atoms with van der Waals surface area (Å²) in [7, 11) is 0. The number of carbonyl (C=O) groups is 2. The fraction of sp³-hybridized carbons (Fsp3) is 0.833. The molecule has 0 saturated carbocycles. The average Bonchev–Trinajstić information content (AvgIpc) is 2.25. The molecule has 0 aliphatic carbocycles. The van der Waals surface area contributed by atoms with Crippen LogP contribution in [0.3, 0.4) is 0 Å². The Morgan fingerprint density at radius 3 is 2.35 bits per heavy atom. The molecule has 1 aliphatic rings. The summed E-state index contributed by atoms with van der Waals surface area (Å²) in [5, 5.41) is 3.17. The van der Waals surface area contributed by atoms with Gasteiger partial charge < -0.3 is 14.8 Å². The van der Waals surface area contributed by atoms with Gasteiger partial charge in [0.15, 0.2) is 6.61 Å². The van der Waals surface area contributed by atoms with Crippen LogP contribution in [0.2, 0.25) is 0 Å². The lowest BCUT2D eigenvalue weighted by molar-refractivity contribution is -0.168. The van der Waals surface area contributed by atoms with Crippen molar-refractivity contribution in [1.82, 2.24) is 5.32 Å². The number of ether oxygens (including phenoxy) is 2. The van der Waals surface area contributed by atoms with Crippen molar-refractivity contribution in [3.05, 3.63) is 0 Å². The molecule has 5 nitrogen and oxygen atoms in total. The van der Waals surface area contributed by atoms with Crippen molar-refractivity contribution in [2.24, 2.45) is 5.92 Å². The summed E-state index contributed by atoms with van der Waals surface area (Å²) >= 11 is 0. The highest BCUT2D eigenvalue weighted by Gasteiger charge is 2.24. The number of hydrogen-bond acceptors (Lipinski definition) is 5. The first-order valence-corrected chi connectivity index (χ1v) is 5.98. The van der Waals surface area contributed by atoms with Crippen LogP contribution in [0.1, 0.15) is 33.6 Å². The zero-order valence-corrected chi connectivity index (χ0v) is 10.7. The van der Waals surface area contributed by atoms with Gasteiger partial charge in [-0.05, 0) is 46.7 Å². The van der Waals surface area contributed by atoms with Gasteiger partial charge in [0.05, 0.1) is 5.92 Å². The molecule has 0 spiro atoms. The molecule has 0 atom stereocenters. The summed E-state index contributed by atoms with van der Waals surface area (Å²) in [4.78, 5) is 22.9. The summed E-state index contributed by atoms with van der Waals surface area (Å²) in [5.41, 5.74) is -0.543. The van der Waals surface area contributed by atoms with Crippen LogP contribution in [-0.4, -0.2) is 37.2 Å². The lowest BCUT2D eigenvalue weighted by Crippen LogP contribution is -2.34. The maximum Gasteiger partial charge on any atom is 0.344 e. The minimum absolute atomic E-state index is 0.0845. The first-order valence-electron chi connectivity index (χ1n) is 5.98. The smallest absolute Gasteiger partial charge is 0.344 e. The Labute approximate surface area is 102 Å². The van der Waals surface area contributed by atoms with Crippen LogP contribution in [0.15, 0.2) is 0 Å². The van der Waals surface area contributed by atoms with Gasteiger partial charge in [0.1, 0.15) is 5.60 Å². The van der Waals surface area contributed by atoms with Gasteiger partial charge >= 0.3 is 11.9 Å². The minimum Gasteiger partial charge on any atom is -0.457 e. The first-order chi connectivity index (χ1) is 7.88. The third-order valence-electron chi connectivity index (χ3n) is 2.42. The quantitative estimate of drug-likeness (QED) is 0.745. The van der Waals surface area contributed by atoms with E-state index in [-0.39, 0.29) is 18.5 Å². The molecule has 0 aromatic heterocycles. The first kappa shape index (κ1) is 14.0. The van der Waals surface area contributed by atoms with Gasteiger partial charge in [0.25, 0.3) is 0 Å². The van der Waals surface area contributed by atoms with Crippen LogP contribution >= 0.6 is 0 Å². The van der Waals surface area contributed by atoms with E-state index in [2.05, 4.69) is 5.32 Å². The van der Waals surface area contributed by atoms with Gasteiger partial charge in [0, 0.05) is 0 Å². The van der Waals surface area contributed by atoms with Gasteiger partial charge in [-0.3, -0.25) is 4.79 Å². The number of esters is 2. The summed E-state index contributed by atoms with van der Waals surface area (Å²) in [6.45, 7) is 6.69. The highest BCUT2D eigenvalue weighted by Crippen LogP contribution is 2.13. The third kappa shape index (κ3) is 5.68. The monoisotopic (exact) mass is 243 g/mol. The van der Waals surface area contributed by atoms with Crippen LogP contribution in [0.5, 0.6) is 0 Å². The van der Waals surface area contributed by atoms with Gasteiger partial charge in [-0.25, -0.2) is 4.79 Å². The van der Waals surface area contributed by atoms with E-state index in [1.807, 2.05) is 0 Å². The molecular formula is C12H21NO4. The Balaban J connectivity index is 2.25. The zero-order valence-electron chi connectivity index (χ0n) is 10.7. The summed E-state index contributed by atoms with van der Waals surface area (Å²) in [5.74, 6) is -0.879. The van der Waals surface area contributed by atoms with E-state index < -0.39 is 11.6 Å². The van der Waals surface area contributed by atoms with E-state index in [4.69, 9.17) is 9.47 Å². The molecule has 1 rings (SSSR count). The second kappa shape index (κ2) is 6.00. The molecule has 98 valence electrons. The van der Waals surface area contributed by atoms with E-state index >= 15 is 0 Å². The Bertz CT molecular complexity index is 277. The molecular weight excluding hydrogens is 222 g/mol. The molecule has 1 fully saturated rings. The predicted octanol–water partition coefficient (Wildman–Crippen LogP) is 0.871. The van der Waals surface area contributed by atoms with Crippen LogP contribution in [0, 0.1) is 5.92 Å². The number of carbonyl (C=O) groups excluding carboxylic acids is 2. The largest absolute Gasteiger partial charge is 0.457 e. The van der Waals surface area contributed by atoms with Crippen LogP contribution < -0.4 is 5.32 Å². The Hall–Kier alpha value is -1.10. The normalized spacial score (nSPS) is 17.6. The fourth-order valence-electron chi connectivity index (χ4n) is 1.68. The van der Waals surface area contributed by atoms with Crippen molar-refractivity contribution in [3.63, 3.8) is 0 Å². The fourth-order valence-corrected chi connectivity index (χ4v) is 1.68. The molecule has 0 aromatic rings. The van der Waals surface area contributed by atoms with Crippen LogP contribution in [0.4, 0.5) is 0 Å². The summed E-state index contributed by atoms with van der Waals surface area (Å²) in [6.07, 6.45) is 1.54. The van der Waals surface area contributed by atoms with E-state index in [1.54, 1.807) is 20.8 Å². The van der Waals surface area contributed by atoms with E-state index in [9.17, 15) is 9.59 Å².